The summed E-state index contributed by atoms with van der Waals surface area (Å²) in [5.74, 6) is 0.482. The van der Waals surface area contributed by atoms with Gasteiger partial charge in [-0.2, -0.15) is 0 Å². The van der Waals surface area contributed by atoms with Gasteiger partial charge in [0.15, 0.2) is 5.16 Å². The first-order valence-corrected chi connectivity index (χ1v) is 8.40. The lowest BCUT2D eigenvalue weighted by Crippen LogP contribution is -2.11. The number of nitrogens with one attached hydrogen (secondary N) is 1. The van der Waals surface area contributed by atoms with Gasteiger partial charge < -0.3 is 9.72 Å². The number of rotatable bonds is 4. The maximum atomic E-state index is 12.3. The Balaban J connectivity index is 1.95. The molecule has 0 aliphatic carbocycles. The van der Waals surface area contributed by atoms with E-state index in [1.807, 2.05) is 0 Å². The summed E-state index contributed by atoms with van der Waals surface area (Å²) in [4.78, 5) is 40.3. The zero-order valence-electron chi connectivity index (χ0n) is 12.3. The van der Waals surface area contributed by atoms with Crippen LogP contribution in [0.4, 0.5) is 0 Å². The van der Waals surface area contributed by atoms with Crippen molar-refractivity contribution < 1.29 is 9.53 Å². The SMILES string of the molecule is COC(=O)c1sc2nc(CSc3ncccn3)[nH]c(=O)c2c1C. The molecule has 0 radical (unpaired) electrons. The van der Waals surface area contributed by atoms with Crippen LogP contribution in [0, 0.1) is 6.92 Å². The second kappa shape index (κ2) is 6.47. The first-order valence-electron chi connectivity index (χ1n) is 6.60. The van der Waals surface area contributed by atoms with E-state index in [1.54, 1.807) is 25.4 Å². The fourth-order valence-electron chi connectivity index (χ4n) is 2.04. The molecule has 0 aromatic carbocycles. The molecule has 0 saturated carbocycles. The molecule has 0 unspecified atom stereocenters. The molecular weight excluding hydrogens is 336 g/mol. The van der Waals surface area contributed by atoms with Crippen LogP contribution >= 0.6 is 23.1 Å². The van der Waals surface area contributed by atoms with Gasteiger partial charge in [0, 0.05) is 12.4 Å². The van der Waals surface area contributed by atoms with Crippen molar-refractivity contribution in [2.24, 2.45) is 0 Å². The summed E-state index contributed by atoms with van der Waals surface area (Å²) in [6.07, 6.45) is 3.31. The van der Waals surface area contributed by atoms with Crippen LogP contribution in [-0.4, -0.2) is 33.0 Å². The number of H-pyrrole nitrogens is 1. The summed E-state index contributed by atoms with van der Waals surface area (Å²) < 4.78 is 4.73. The number of aromatic nitrogens is 4. The van der Waals surface area contributed by atoms with Crippen molar-refractivity contribution in [1.29, 1.82) is 0 Å². The quantitative estimate of drug-likeness (QED) is 0.438. The molecule has 3 aromatic rings. The van der Waals surface area contributed by atoms with Gasteiger partial charge in [0.2, 0.25) is 0 Å². The van der Waals surface area contributed by atoms with Gasteiger partial charge in [0.05, 0.1) is 18.2 Å². The summed E-state index contributed by atoms with van der Waals surface area (Å²) in [5, 5.41) is 1.04. The highest BCUT2D eigenvalue weighted by Gasteiger charge is 2.19. The van der Waals surface area contributed by atoms with E-state index in [0.717, 1.165) is 11.3 Å². The van der Waals surface area contributed by atoms with Gasteiger partial charge in [-0.25, -0.2) is 19.7 Å². The Labute approximate surface area is 139 Å². The first kappa shape index (κ1) is 15.6. The first-order chi connectivity index (χ1) is 11.1. The predicted molar refractivity (Wildman–Crippen MR) is 87.9 cm³/mol. The number of esters is 1. The second-order valence-electron chi connectivity index (χ2n) is 4.56. The molecule has 0 aliphatic heterocycles. The molecule has 0 spiro atoms. The van der Waals surface area contributed by atoms with Crippen LogP contribution in [-0.2, 0) is 10.5 Å². The number of hydrogen-bond acceptors (Lipinski definition) is 8. The maximum Gasteiger partial charge on any atom is 0.348 e. The molecule has 7 nitrogen and oxygen atoms in total. The molecular formula is C14H12N4O3S2. The summed E-state index contributed by atoms with van der Waals surface area (Å²) in [5.41, 5.74) is 0.333. The van der Waals surface area contributed by atoms with E-state index in [1.165, 1.54) is 18.9 Å². The van der Waals surface area contributed by atoms with E-state index in [0.29, 0.717) is 37.4 Å². The Morgan fingerprint density at radius 1 is 1.39 bits per heavy atom. The molecule has 0 aliphatic rings. The van der Waals surface area contributed by atoms with E-state index in [2.05, 4.69) is 19.9 Å². The van der Waals surface area contributed by atoms with Crippen LogP contribution in [0.25, 0.3) is 10.2 Å². The second-order valence-corrected chi connectivity index (χ2v) is 6.50. The van der Waals surface area contributed by atoms with Crippen molar-refractivity contribution in [1.82, 2.24) is 19.9 Å². The van der Waals surface area contributed by atoms with Gasteiger partial charge >= 0.3 is 5.97 Å². The number of fused-ring (bicyclic) bond motifs is 1. The summed E-state index contributed by atoms with van der Waals surface area (Å²) in [6, 6.07) is 1.74. The van der Waals surface area contributed by atoms with E-state index in [-0.39, 0.29) is 5.56 Å². The lowest BCUT2D eigenvalue weighted by molar-refractivity contribution is 0.0605. The van der Waals surface area contributed by atoms with Gasteiger partial charge in [-0.3, -0.25) is 4.79 Å². The number of hydrogen-bond donors (Lipinski definition) is 1. The monoisotopic (exact) mass is 348 g/mol. The molecule has 3 rings (SSSR count). The van der Waals surface area contributed by atoms with Crippen LogP contribution < -0.4 is 5.56 Å². The van der Waals surface area contributed by atoms with Gasteiger partial charge in [0.25, 0.3) is 5.56 Å². The highest BCUT2D eigenvalue weighted by atomic mass is 32.2. The van der Waals surface area contributed by atoms with Crippen LogP contribution in [0.5, 0.6) is 0 Å². The number of aryl methyl sites for hydroxylation is 1. The molecule has 0 saturated heterocycles. The number of thiophene rings is 1. The molecule has 23 heavy (non-hydrogen) atoms. The maximum absolute atomic E-state index is 12.3. The Bertz CT molecular complexity index is 921. The Morgan fingerprint density at radius 3 is 2.83 bits per heavy atom. The van der Waals surface area contributed by atoms with Gasteiger partial charge in [0.1, 0.15) is 15.5 Å². The molecule has 0 fully saturated rings. The summed E-state index contributed by atoms with van der Waals surface area (Å²) in [7, 11) is 1.31. The number of carbonyl (C=O) groups is 1. The van der Waals surface area contributed by atoms with Gasteiger partial charge in [-0.15, -0.1) is 11.3 Å². The van der Waals surface area contributed by atoms with Crippen LogP contribution in [0.3, 0.4) is 0 Å². The number of thioether (sulfide) groups is 1. The molecule has 3 aromatic heterocycles. The minimum absolute atomic E-state index is 0.261. The summed E-state index contributed by atoms with van der Waals surface area (Å²) in [6.45, 7) is 1.72. The lowest BCUT2D eigenvalue weighted by atomic mass is 10.2. The van der Waals surface area contributed by atoms with E-state index in [4.69, 9.17) is 4.74 Å². The Kier molecular flexibility index (Phi) is 4.39. The third-order valence-corrected chi connectivity index (χ3v) is 5.15. The Morgan fingerprint density at radius 2 is 2.13 bits per heavy atom. The van der Waals surface area contributed by atoms with E-state index in [9.17, 15) is 9.59 Å². The third-order valence-electron chi connectivity index (χ3n) is 3.10. The van der Waals surface area contributed by atoms with Crippen molar-refractivity contribution in [3.05, 3.63) is 45.1 Å². The standard InChI is InChI=1S/C14H12N4O3S2/c1-7-9-11(19)17-8(6-22-14-15-4-3-5-16-14)18-12(9)23-10(7)13(20)21-2/h3-5H,6H2,1-2H3,(H,17,18,19). The van der Waals surface area contributed by atoms with Gasteiger partial charge in [-0.05, 0) is 18.6 Å². The van der Waals surface area contributed by atoms with Crippen molar-refractivity contribution in [3.63, 3.8) is 0 Å². The molecule has 3 heterocycles. The molecule has 118 valence electrons. The van der Waals surface area contributed by atoms with Crippen LogP contribution in [0.2, 0.25) is 0 Å². The molecule has 0 amide bonds. The van der Waals surface area contributed by atoms with Crippen molar-refractivity contribution in [2.75, 3.05) is 7.11 Å². The molecule has 9 heteroatoms. The predicted octanol–water partition coefficient (Wildman–Crippen LogP) is 2.16. The minimum atomic E-state index is -0.460. The number of carbonyl (C=O) groups excluding carboxylic acids is 1. The van der Waals surface area contributed by atoms with Crippen molar-refractivity contribution in [3.8, 4) is 0 Å². The number of methoxy groups -OCH3 is 1. The lowest BCUT2D eigenvalue weighted by Gasteiger charge is -2.00. The number of aromatic amines is 1. The number of nitrogens with zero attached hydrogens (tertiary/aromatic N) is 3. The van der Waals surface area contributed by atoms with Crippen LogP contribution in [0.1, 0.15) is 21.1 Å². The van der Waals surface area contributed by atoms with Gasteiger partial charge in [-0.1, -0.05) is 11.8 Å². The molecule has 0 bridgehead atoms. The normalized spacial score (nSPS) is 10.9. The fourth-order valence-corrected chi connectivity index (χ4v) is 3.83. The number of ether oxygens (including phenoxy) is 1. The van der Waals surface area contributed by atoms with E-state index >= 15 is 0 Å². The largest absolute Gasteiger partial charge is 0.465 e. The highest BCUT2D eigenvalue weighted by Crippen LogP contribution is 2.28. The topological polar surface area (TPSA) is 97.8 Å². The van der Waals surface area contributed by atoms with Crippen LogP contribution in [0.15, 0.2) is 28.4 Å². The van der Waals surface area contributed by atoms with E-state index < -0.39 is 5.97 Å². The highest BCUT2D eigenvalue weighted by molar-refractivity contribution is 7.98. The average Bonchev–Trinajstić information content (AvgIpc) is 2.90. The van der Waals surface area contributed by atoms with Crippen molar-refractivity contribution in [2.45, 2.75) is 17.8 Å². The smallest absolute Gasteiger partial charge is 0.348 e. The molecule has 0 atom stereocenters. The Hall–Kier alpha value is -2.26. The molecule has 1 N–H and O–H groups in total. The average molecular weight is 348 g/mol. The minimum Gasteiger partial charge on any atom is -0.465 e. The summed E-state index contributed by atoms with van der Waals surface area (Å²) >= 11 is 2.53. The zero-order chi connectivity index (χ0) is 16.4. The van der Waals surface area contributed by atoms with Crippen molar-refractivity contribution >= 4 is 39.3 Å². The third kappa shape index (κ3) is 3.10. The zero-order valence-corrected chi connectivity index (χ0v) is 14.0. The fraction of sp³-hybridized carbons (Fsp3) is 0.214.